The molecule has 6 nitrogen and oxygen atoms in total. The number of phenols is 1. The fourth-order valence-electron chi connectivity index (χ4n) is 1.62. The molecule has 1 saturated heterocycles. The molecule has 0 radical (unpaired) electrons. The van der Waals surface area contributed by atoms with Gasteiger partial charge in [0.25, 0.3) is 0 Å². The minimum Gasteiger partial charge on any atom is -0.508 e. The van der Waals surface area contributed by atoms with Crippen molar-refractivity contribution in [3.63, 3.8) is 0 Å². The van der Waals surface area contributed by atoms with E-state index in [1.165, 1.54) is 24.3 Å². The number of ether oxygens (including phenoxy) is 2. The Hall–Kier alpha value is -1.34. The fourth-order valence-corrected chi connectivity index (χ4v) is 1.62. The molecule has 1 aromatic carbocycles. The molecule has 0 spiro atoms. The zero-order valence-electron chi connectivity index (χ0n) is 8.93. The van der Waals surface area contributed by atoms with Crippen molar-refractivity contribution in [1.29, 1.82) is 0 Å². The topological polar surface area (TPSA) is 99.4 Å². The maximum atomic E-state index is 9.61. The average molecular weight is 242 g/mol. The smallest absolute Gasteiger partial charge is 0.229 e. The van der Waals surface area contributed by atoms with E-state index in [4.69, 9.17) is 19.7 Å². The summed E-state index contributed by atoms with van der Waals surface area (Å²) in [5.74, 6) is 0.483. The van der Waals surface area contributed by atoms with E-state index in [2.05, 4.69) is 0 Å². The normalized spacial score (nSPS) is 32.6. The van der Waals surface area contributed by atoms with Gasteiger partial charge < -0.3 is 29.9 Å². The van der Waals surface area contributed by atoms with Crippen LogP contribution >= 0.6 is 0 Å². The van der Waals surface area contributed by atoms with Crippen LogP contribution < -0.4 is 4.74 Å². The molecule has 1 aliphatic rings. The molecular weight excluding hydrogens is 228 g/mol. The molecule has 4 atom stereocenters. The highest BCUT2D eigenvalue weighted by atomic mass is 16.7. The third-order valence-electron chi connectivity index (χ3n) is 2.59. The van der Waals surface area contributed by atoms with Crippen molar-refractivity contribution in [3.8, 4) is 11.5 Å². The van der Waals surface area contributed by atoms with Gasteiger partial charge in [-0.25, -0.2) is 0 Å². The molecule has 0 aliphatic carbocycles. The Morgan fingerprint density at radius 1 is 1.12 bits per heavy atom. The second-order valence-corrected chi connectivity index (χ2v) is 3.82. The van der Waals surface area contributed by atoms with Crippen LogP contribution in [0.15, 0.2) is 24.3 Å². The molecule has 0 amide bonds. The number of aliphatic hydroxyl groups excluding tert-OH is 3. The lowest BCUT2D eigenvalue weighted by molar-refractivity contribution is -0.116. The van der Waals surface area contributed by atoms with E-state index in [1.54, 1.807) is 0 Å². The maximum Gasteiger partial charge on any atom is 0.229 e. The standard InChI is InChI=1S/C11H14O6/c12-5-8-9(14)10(15)11(17-8)16-7-3-1-6(13)2-4-7/h1-4,8-15H,5H2/t8-,9-,10+,11+/m0/s1. The van der Waals surface area contributed by atoms with Crippen molar-refractivity contribution in [2.45, 2.75) is 24.6 Å². The molecule has 1 heterocycles. The van der Waals surface area contributed by atoms with E-state index in [0.717, 1.165) is 0 Å². The van der Waals surface area contributed by atoms with Crippen LogP contribution in [0.5, 0.6) is 11.5 Å². The Kier molecular flexibility index (Phi) is 3.49. The summed E-state index contributed by atoms with van der Waals surface area (Å²) in [6.45, 7) is -0.395. The van der Waals surface area contributed by atoms with E-state index >= 15 is 0 Å². The van der Waals surface area contributed by atoms with Crippen LogP contribution in [-0.2, 0) is 4.74 Å². The number of rotatable bonds is 3. The second-order valence-electron chi connectivity index (χ2n) is 3.82. The summed E-state index contributed by atoms with van der Waals surface area (Å²) < 4.78 is 10.4. The highest BCUT2D eigenvalue weighted by molar-refractivity contribution is 5.30. The molecule has 1 aliphatic heterocycles. The van der Waals surface area contributed by atoms with Gasteiger partial charge in [-0.05, 0) is 24.3 Å². The first-order valence-electron chi connectivity index (χ1n) is 5.20. The van der Waals surface area contributed by atoms with E-state index in [-0.39, 0.29) is 5.75 Å². The Balaban J connectivity index is 2.02. The average Bonchev–Trinajstić information content (AvgIpc) is 2.60. The first-order valence-corrected chi connectivity index (χ1v) is 5.20. The molecule has 0 saturated carbocycles. The lowest BCUT2D eigenvalue weighted by Crippen LogP contribution is -2.35. The van der Waals surface area contributed by atoms with Gasteiger partial charge in [0, 0.05) is 0 Å². The number of aromatic hydroxyl groups is 1. The summed E-state index contributed by atoms with van der Waals surface area (Å²) in [5, 5.41) is 37.1. The molecule has 0 bridgehead atoms. The largest absolute Gasteiger partial charge is 0.508 e. The Morgan fingerprint density at radius 3 is 2.29 bits per heavy atom. The van der Waals surface area contributed by atoms with Crippen LogP contribution in [0.3, 0.4) is 0 Å². The lowest BCUT2D eigenvalue weighted by Gasteiger charge is -2.16. The summed E-state index contributed by atoms with van der Waals surface area (Å²) in [7, 11) is 0. The third kappa shape index (κ3) is 2.50. The first kappa shape index (κ1) is 12.1. The monoisotopic (exact) mass is 242 g/mol. The van der Waals surface area contributed by atoms with Gasteiger partial charge in [-0.15, -0.1) is 0 Å². The Morgan fingerprint density at radius 2 is 1.76 bits per heavy atom. The molecule has 1 fully saturated rings. The van der Waals surface area contributed by atoms with Crippen LogP contribution in [0.1, 0.15) is 0 Å². The van der Waals surface area contributed by atoms with Crippen LogP contribution in [-0.4, -0.2) is 51.6 Å². The quantitative estimate of drug-likeness (QED) is 0.554. The van der Waals surface area contributed by atoms with Crippen molar-refractivity contribution in [1.82, 2.24) is 0 Å². The summed E-state index contributed by atoms with van der Waals surface area (Å²) in [4.78, 5) is 0. The van der Waals surface area contributed by atoms with Gasteiger partial charge in [-0.2, -0.15) is 0 Å². The maximum absolute atomic E-state index is 9.61. The first-order chi connectivity index (χ1) is 8.11. The molecule has 2 rings (SSSR count). The van der Waals surface area contributed by atoms with Gasteiger partial charge in [0.15, 0.2) is 0 Å². The van der Waals surface area contributed by atoms with E-state index in [0.29, 0.717) is 5.75 Å². The van der Waals surface area contributed by atoms with Gasteiger partial charge in [-0.3, -0.25) is 0 Å². The summed E-state index contributed by atoms with van der Waals surface area (Å²) in [5.41, 5.74) is 0. The molecular formula is C11H14O6. The molecule has 0 aromatic heterocycles. The van der Waals surface area contributed by atoms with Crippen molar-refractivity contribution >= 4 is 0 Å². The summed E-state index contributed by atoms with van der Waals surface area (Å²) in [6.07, 6.45) is -4.29. The second kappa shape index (κ2) is 4.89. The molecule has 1 aromatic rings. The zero-order chi connectivity index (χ0) is 12.4. The fraction of sp³-hybridized carbons (Fsp3) is 0.455. The minimum absolute atomic E-state index is 0.0958. The SMILES string of the molecule is OC[C@@H]1O[C@@H](Oc2ccc(O)cc2)[C@H](O)[C@H]1O. The lowest BCUT2D eigenvalue weighted by atomic mass is 10.1. The van der Waals surface area contributed by atoms with Crippen LogP contribution in [0.4, 0.5) is 0 Å². The Bertz CT molecular complexity index is 365. The van der Waals surface area contributed by atoms with Gasteiger partial charge in [-0.1, -0.05) is 0 Å². The van der Waals surface area contributed by atoms with Crippen molar-refractivity contribution in [3.05, 3.63) is 24.3 Å². The highest BCUT2D eigenvalue weighted by Gasteiger charge is 2.43. The number of hydrogen-bond acceptors (Lipinski definition) is 6. The summed E-state index contributed by atoms with van der Waals surface area (Å²) in [6, 6.07) is 5.86. The molecule has 4 N–H and O–H groups in total. The van der Waals surface area contributed by atoms with Gasteiger partial charge in [0.2, 0.25) is 6.29 Å². The van der Waals surface area contributed by atoms with Gasteiger partial charge in [0.05, 0.1) is 6.61 Å². The number of aliphatic hydroxyl groups is 3. The highest BCUT2D eigenvalue weighted by Crippen LogP contribution is 2.25. The predicted molar refractivity (Wildman–Crippen MR) is 56.5 cm³/mol. The van der Waals surface area contributed by atoms with E-state index in [9.17, 15) is 10.2 Å². The molecule has 0 unspecified atom stereocenters. The number of benzene rings is 1. The van der Waals surface area contributed by atoms with Crippen molar-refractivity contribution < 1.29 is 29.9 Å². The van der Waals surface area contributed by atoms with Crippen molar-refractivity contribution in [2.24, 2.45) is 0 Å². The van der Waals surface area contributed by atoms with E-state index in [1.807, 2.05) is 0 Å². The van der Waals surface area contributed by atoms with Crippen molar-refractivity contribution in [2.75, 3.05) is 6.61 Å². The zero-order valence-corrected chi connectivity index (χ0v) is 8.93. The van der Waals surface area contributed by atoms with Gasteiger partial charge in [0.1, 0.15) is 29.8 Å². The van der Waals surface area contributed by atoms with E-state index < -0.39 is 31.2 Å². The van der Waals surface area contributed by atoms with Crippen LogP contribution in [0.25, 0.3) is 0 Å². The summed E-state index contributed by atoms with van der Waals surface area (Å²) >= 11 is 0. The predicted octanol–water partition coefficient (Wildman–Crippen LogP) is -0.790. The molecule has 17 heavy (non-hydrogen) atoms. The van der Waals surface area contributed by atoms with Gasteiger partial charge >= 0.3 is 0 Å². The number of hydrogen-bond donors (Lipinski definition) is 4. The van der Waals surface area contributed by atoms with Crippen LogP contribution in [0, 0.1) is 0 Å². The Labute approximate surface area is 97.7 Å². The molecule has 6 heteroatoms. The number of phenolic OH excluding ortho intramolecular Hbond substituents is 1. The van der Waals surface area contributed by atoms with Crippen LogP contribution in [0.2, 0.25) is 0 Å². The third-order valence-corrected chi connectivity index (χ3v) is 2.59. The molecule has 94 valence electrons. The minimum atomic E-state index is -1.22.